The number of rotatable bonds is 13. The molecule has 10 heteroatoms. The fourth-order valence-electron chi connectivity index (χ4n) is 4.34. The van der Waals surface area contributed by atoms with Crippen molar-refractivity contribution in [3.8, 4) is 5.75 Å². The van der Waals surface area contributed by atoms with E-state index in [0.717, 1.165) is 9.87 Å². The molecule has 0 aliphatic heterocycles. The minimum absolute atomic E-state index is 0.0243. The van der Waals surface area contributed by atoms with E-state index in [1.54, 1.807) is 60.7 Å². The van der Waals surface area contributed by atoms with Gasteiger partial charge in [-0.2, -0.15) is 0 Å². The molecule has 8 nitrogen and oxygen atoms in total. The number of amides is 2. The largest absolute Gasteiger partial charge is 0.495 e. The fraction of sp³-hybridized carbons (Fsp3) is 0.355. The summed E-state index contributed by atoms with van der Waals surface area (Å²) < 4.78 is 34.6. The van der Waals surface area contributed by atoms with Crippen LogP contribution >= 0.6 is 11.6 Å². The van der Waals surface area contributed by atoms with E-state index in [0.29, 0.717) is 23.6 Å². The molecule has 3 rings (SSSR count). The van der Waals surface area contributed by atoms with E-state index in [2.05, 4.69) is 5.32 Å². The maximum Gasteiger partial charge on any atom is 0.264 e. The Morgan fingerprint density at radius 1 is 0.976 bits per heavy atom. The summed E-state index contributed by atoms with van der Waals surface area (Å²) in [6.45, 7) is 7.54. The van der Waals surface area contributed by atoms with Gasteiger partial charge in [0.2, 0.25) is 11.8 Å². The van der Waals surface area contributed by atoms with Gasteiger partial charge in [0.25, 0.3) is 10.0 Å². The lowest BCUT2D eigenvalue weighted by Gasteiger charge is -2.33. The Morgan fingerprint density at radius 2 is 1.61 bits per heavy atom. The molecule has 0 saturated carbocycles. The average Bonchev–Trinajstić information content (AvgIpc) is 2.95. The second kappa shape index (κ2) is 14.4. The summed E-state index contributed by atoms with van der Waals surface area (Å²) in [7, 11) is -2.77. The number of hydrogen-bond acceptors (Lipinski definition) is 5. The lowest BCUT2D eigenvalue weighted by atomic mass is 10.1. The van der Waals surface area contributed by atoms with Crippen LogP contribution in [0.3, 0.4) is 0 Å². The highest BCUT2D eigenvalue weighted by Crippen LogP contribution is 2.33. The number of methoxy groups -OCH3 is 1. The molecule has 41 heavy (non-hydrogen) atoms. The molecule has 0 saturated heterocycles. The van der Waals surface area contributed by atoms with Gasteiger partial charge in [-0.15, -0.1) is 0 Å². The zero-order valence-electron chi connectivity index (χ0n) is 24.1. The van der Waals surface area contributed by atoms with Crippen molar-refractivity contribution >= 4 is 39.1 Å². The molecule has 3 aromatic carbocycles. The number of nitrogens with zero attached hydrogens (tertiary/aromatic N) is 2. The number of nitrogens with one attached hydrogen (secondary N) is 1. The molecule has 220 valence electrons. The van der Waals surface area contributed by atoms with Crippen molar-refractivity contribution in [2.24, 2.45) is 5.92 Å². The summed E-state index contributed by atoms with van der Waals surface area (Å²) in [5.74, 6) is -0.370. The molecular weight excluding hydrogens is 562 g/mol. The lowest BCUT2D eigenvalue weighted by Crippen LogP contribution is -2.52. The van der Waals surface area contributed by atoms with Gasteiger partial charge in [-0.3, -0.25) is 13.9 Å². The lowest BCUT2D eigenvalue weighted by molar-refractivity contribution is -0.140. The molecule has 0 heterocycles. The quantitative estimate of drug-likeness (QED) is 0.283. The number of aryl methyl sites for hydroxylation is 1. The van der Waals surface area contributed by atoms with E-state index in [9.17, 15) is 18.0 Å². The number of para-hydroxylation sites is 2. The highest BCUT2D eigenvalue weighted by molar-refractivity contribution is 7.92. The maximum atomic E-state index is 14.2. The number of hydrogen-bond donors (Lipinski definition) is 1. The van der Waals surface area contributed by atoms with Crippen molar-refractivity contribution in [2.75, 3.05) is 24.5 Å². The van der Waals surface area contributed by atoms with Gasteiger partial charge >= 0.3 is 0 Å². The molecule has 0 bridgehead atoms. The van der Waals surface area contributed by atoms with Crippen molar-refractivity contribution in [3.05, 3.63) is 88.9 Å². The van der Waals surface area contributed by atoms with E-state index in [1.807, 2.05) is 27.7 Å². The van der Waals surface area contributed by atoms with Gasteiger partial charge in [-0.25, -0.2) is 8.42 Å². The third-order valence-electron chi connectivity index (χ3n) is 6.61. The van der Waals surface area contributed by atoms with E-state index >= 15 is 0 Å². The highest BCUT2D eigenvalue weighted by Gasteiger charge is 2.35. The molecular formula is C31H38ClN3O5S. The first-order valence-electron chi connectivity index (χ1n) is 13.5. The molecule has 0 fully saturated rings. The summed E-state index contributed by atoms with van der Waals surface area (Å²) in [4.78, 5) is 28.9. The third-order valence-corrected chi connectivity index (χ3v) is 8.75. The van der Waals surface area contributed by atoms with Gasteiger partial charge in [-0.05, 0) is 55.2 Å². The number of benzene rings is 3. The molecule has 3 aromatic rings. The average molecular weight is 600 g/mol. The molecule has 0 radical (unpaired) electrons. The van der Waals surface area contributed by atoms with Gasteiger partial charge in [0.05, 0.1) is 17.7 Å². The van der Waals surface area contributed by atoms with E-state index in [4.69, 9.17) is 16.3 Å². The molecule has 0 spiro atoms. The molecule has 1 N–H and O–H groups in total. The second-order valence-corrected chi connectivity index (χ2v) is 12.4. The van der Waals surface area contributed by atoms with E-state index < -0.39 is 28.5 Å². The van der Waals surface area contributed by atoms with Crippen molar-refractivity contribution in [1.82, 2.24) is 10.2 Å². The van der Waals surface area contributed by atoms with Crippen LogP contribution in [0.5, 0.6) is 5.75 Å². The number of anilines is 1. The van der Waals surface area contributed by atoms with E-state index in [-0.39, 0.29) is 34.7 Å². The summed E-state index contributed by atoms with van der Waals surface area (Å²) in [6, 6.07) is 19.2. The Kier molecular flexibility index (Phi) is 11.2. The van der Waals surface area contributed by atoms with Gasteiger partial charge in [-0.1, -0.05) is 80.4 Å². The number of halogens is 1. The summed E-state index contributed by atoms with van der Waals surface area (Å²) in [5, 5.41) is 3.36. The van der Waals surface area contributed by atoms with Crippen LogP contribution in [0, 0.1) is 12.8 Å². The Labute approximate surface area is 248 Å². The number of ether oxygens (including phenoxy) is 1. The third kappa shape index (κ3) is 8.01. The smallest absolute Gasteiger partial charge is 0.264 e. The zero-order valence-corrected chi connectivity index (χ0v) is 25.7. The minimum atomic E-state index is -4.21. The standard InChI is InChI=1S/C31H38ClN3O5S/c1-6-27(31(37)33-19-22(2)3)34(20-24-11-7-8-12-26(24)32)30(36)21-35(28-13-9-10-14-29(28)40-5)41(38,39)25-17-15-23(4)16-18-25/h7-18,22,27H,6,19-21H2,1-5H3,(H,33,37). The minimum Gasteiger partial charge on any atom is -0.495 e. The molecule has 1 atom stereocenters. The first-order chi connectivity index (χ1) is 19.5. The molecule has 1 unspecified atom stereocenters. The van der Waals surface area contributed by atoms with Crippen LogP contribution in [0.1, 0.15) is 38.3 Å². The number of carbonyl (C=O) groups is 2. The second-order valence-electron chi connectivity index (χ2n) is 10.2. The summed E-state index contributed by atoms with van der Waals surface area (Å²) in [6.07, 6.45) is 0.319. The normalized spacial score (nSPS) is 12.1. The SMILES string of the molecule is CCC(C(=O)NCC(C)C)N(Cc1ccccc1Cl)C(=O)CN(c1ccccc1OC)S(=O)(=O)c1ccc(C)cc1. The van der Waals surface area contributed by atoms with Crippen LogP contribution in [0.15, 0.2) is 77.7 Å². The molecule has 0 aromatic heterocycles. The first-order valence-corrected chi connectivity index (χ1v) is 15.3. The fourth-order valence-corrected chi connectivity index (χ4v) is 5.96. The summed E-state index contributed by atoms with van der Waals surface area (Å²) in [5.41, 5.74) is 1.75. The van der Waals surface area contributed by atoms with Gasteiger partial charge in [0.15, 0.2) is 0 Å². The zero-order chi connectivity index (χ0) is 30.2. The predicted molar refractivity (Wildman–Crippen MR) is 163 cm³/mol. The van der Waals surface area contributed by atoms with Crippen LogP contribution in [-0.4, -0.2) is 51.4 Å². The highest BCUT2D eigenvalue weighted by atomic mass is 35.5. The van der Waals surface area contributed by atoms with Gasteiger partial charge in [0.1, 0.15) is 18.3 Å². The Balaban J connectivity index is 2.09. The number of carbonyl (C=O) groups excluding carboxylic acids is 2. The molecule has 2 amide bonds. The Morgan fingerprint density at radius 3 is 2.22 bits per heavy atom. The maximum absolute atomic E-state index is 14.2. The molecule has 0 aliphatic carbocycles. The van der Waals surface area contributed by atoms with Crippen LogP contribution in [0.2, 0.25) is 5.02 Å². The van der Waals surface area contributed by atoms with Crippen LogP contribution < -0.4 is 14.4 Å². The van der Waals surface area contributed by atoms with Crippen LogP contribution in [0.25, 0.3) is 0 Å². The van der Waals surface area contributed by atoms with Crippen molar-refractivity contribution in [3.63, 3.8) is 0 Å². The number of sulfonamides is 1. The predicted octanol–water partition coefficient (Wildman–Crippen LogP) is 5.43. The first kappa shape index (κ1) is 32.0. The van der Waals surface area contributed by atoms with Crippen molar-refractivity contribution < 1.29 is 22.7 Å². The van der Waals surface area contributed by atoms with Crippen molar-refractivity contribution in [1.29, 1.82) is 0 Å². The topological polar surface area (TPSA) is 96.0 Å². The van der Waals surface area contributed by atoms with Crippen LogP contribution in [0.4, 0.5) is 5.69 Å². The van der Waals surface area contributed by atoms with Crippen LogP contribution in [-0.2, 0) is 26.2 Å². The van der Waals surface area contributed by atoms with Gasteiger partial charge in [0, 0.05) is 18.1 Å². The molecule has 0 aliphatic rings. The van der Waals surface area contributed by atoms with Gasteiger partial charge < -0.3 is 15.0 Å². The van der Waals surface area contributed by atoms with E-state index in [1.165, 1.54) is 24.1 Å². The summed E-state index contributed by atoms with van der Waals surface area (Å²) >= 11 is 6.45. The Bertz CT molecular complexity index is 1440. The van der Waals surface area contributed by atoms with Crippen molar-refractivity contribution in [2.45, 2.75) is 51.6 Å². The monoisotopic (exact) mass is 599 g/mol. The Hall–Kier alpha value is -3.56.